The predicted molar refractivity (Wildman–Crippen MR) is 119 cm³/mol. The topological polar surface area (TPSA) is 105 Å². The van der Waals surface area contributed by atoms with Crippen LogP contribution in [0.3, 0.4) is 0 Å². The number of nitrogens with one attached hydrogen (secondary N) is 2. The van der Waals surface area contributed by atoms with Gasteiger partial charge < -0.3 is 19.5 Å². The van der Waals surface area contributed by atoms with E-state index in [1.807, 2.05) is 23.1 Å². The molecule has 0 radical (unpaired) electrons. The van der Waals surface area contributed by atoms with Gasteiger partial charge in [-0.05, 0) is 49.2 Å². The number of furan rings is 1. The molecule has 0 unspecified atom stereocenters. The second-order valence-corrected chi connectivity index (χ2v) is 7.54. The summed E-state index contributed by atoms with van der Waals surface area (Å²) >= 11 is 0. The van der Waals surface area contributed by atoms with Crippen molar-refractivity contribution in [1.82, 2.24) is 15.2 Å². The van der Waals surface area contributed by atoms with E-state index in [4.69, 9.17) is 9.15 Å². The fourth-order valence-electron chi connectivity index (χ4n) is 3.67. The molecule has 0 aliphatic carbocycles. The van der Waals surface area contributed by atoms with Crippen molar-refractivity contribution in [2.75, 3.05) is 20.7 Å². The number of ketones is 1. The highest BCUT2D eigenvalue weighted by molar-refractivity contribution is 6.02. The van der Waals surface area contributed by atoms with Gasteiger partial charge in [-0.25, -0.2) is 4.79 Å². The Balaban J connectivity index is 1.81. The Morgan fingerprint density at radius 2 is 1.81 bits per heavy atom. The van der Waals surface area contributed by atoms with Crippen molar-refractivity contribution in [2.24, 2.45) is 0 Å². The van der Waals surface area contributed by atoms with Crippen LogP contribution in [0.1, 0.15) is 53.8 Å². The summed E-state index contributed by atoms with van der Waals surface area (Å²) in [4.78, 5) is 42.0. The van der Waals surface area contributed by atoms with Crippen LogP contribution in [0.4, 0.5) is 0 Å². The van der Waals surface area contributed by atoms with Crippen LogP contribution >= 0.6 is 0 Å². The second-order valence-electron chi connectivity index (χ2n) is 7.54. The Kier molecular flexibility index (Phi) is 7.27. The molecule has 8 nitrogen and oxygen atoms in total. The lowest BCUT2D eigenvalue weighted by Gasteiger charge is -2.21. The number of Topliss-reactive ketones (excluding diaryl/α,β-unsaturated/α-hetero) is 1. The van der Waals surface area contributed by atoms with E-state index in [2.05, 4.69) is 10.3 Å². The van der Waals surface area contributed by atoms with Gasteiger partial charge in [0.1, 0.15) is 5.76 Å². The van der Waals surface area contributed by atoms with Crippen LogP contribution in [0.5, 0.6) is 0 Å². The largest absolute Gasteiger partial charge is 0.468 e. The SMILES string of the molecule is CNC(=O)c1ccc(CN(CC(=O)c2[nH]c(C)c(C(=O)OC)c2C)Cc2ccco2)cc1. The fraction of sp³-hybridized carbons (Fsp3) is 0.292. The maximum absolute atomic E-state index is 13.1. The van der Waals surface area contributed by atoms with Gasteiger partial charge >= 0.3 is 5.97 Å². The molecule has 0 aliphatic heterocycles. The number of esters is 1. The number of methoxy groups -OCH3 is 1. The number of ether oxygens (including phenoxy) is 1. The van der Waals surface area contributed by atoms with Crippen molar-refractivity contribution in [1.29, 1.82) is 0 Å². The third-order valence-corrected chi connectivity index (χ3v) is 5.28. The van der Waals surface area contributed by atoms with Gasteiger partial charge in [-0.1, -0.05) is 12.1 Å². The number of carbonyl (C=O) groups is 3. The van der Waals surface area contributed by atoms with Crippen molar-refractivity contribution in [3.8, 4) is 0 Å². The van der Waals surface area contributed by atoms with Gasteiger partial charge in [0, 0.05) is 24.8 Å². The summed E-state index contributed by atoms with van der Waals surface area (Å²) in [5.74, 6) is -0.0409. The molecule has 32 heavy (non-hydrogen) atoms. The summed E-state index contributed by atoms with van der Waals surface area (Å²) in [6.07, 6.45) is 1.59. The first-order valence-corrected chi connectivity index (χ1v) is 10.2. The number of aromatic amines is 1. The molecule has 2 N–H and O–H groups in total. The van der Waals surface area contributed by atoms with E-state index in [9.17, 15) is 14.4 Å². The zero-order valence-corrected chi connectivity index (χ0v) is 18.7. The van der Waals surface area contributed by atoms with Gasteiger partial charge in [0.25, 0.3) is 5.91 Å². The second kappa shape index (κ2) is 10.1. The fourth-order valence-corrected chi connectivity index (χ4v) is 3.67. The third kappa shape index (κ3) is 5.15. The first-order chi connectivity index (χ1) is 15.3. The number of hydrogen-bond donors (Lipinski definition) is 2. The van der Waals surface area contributed by atoms with E-state index < -0.39 is 5.97 Å². The molecule has 0 fully saturated rings. The maximum Gasteiger partial charge on any atom is 0.339 e. The lowest BCUT2D eigenvalue weighted by Crippen LogP contribution is -2.29. The monoisotopic (exact) mass is 437 g/mol. The Bertz CT molecular complexity index is 1100. The number of H-pyrrole nitrogens is 1. The van der Waals surface area contributed by atoms with Gasteiger partial charge in [0.2, 0.25) is 0 Å². The average molecular weight is 437 g/mol. The van der Waals surface area contributed by atoms with Crippen LogP contribution in [0.2, 0.25) is 0 Å². The quantitative estimate of drug-likeness (QED) is 0.393. The van der Waals surface area contributed by atoms with Gasteiger partial charge in [0.05, 0.1) is 37.7 Å². The molecule has 0 saturated heterocycles. The van der Waals surface area contributed by atoms with Crippen LogP contribution in [-0.2, 0) is 17.8 Å². The molecule has 0 bridgehead atoms. The molecule has 0 spiro atoms. The minimum atomic E-state index is -0.473. The average Bonchev–Trinajstić information content (AvgIpc) is 3.40. The summed E-state index contributed by atoms with van der Waals surface area (Å²) in [6.45, 7) is 4.49. The first-order valence-electron chi connectivity index (χ1n) is 10.2. The van der Waals surface area contributed by atoms with E-state index >= 15 is 0 Å². The number of aryl methyl sites for hydroxylation is 1. The molecule has 2 aromatic heterocycles. The van der Waals surface area contributed by atoms with E-state index in [1.54, 1.807) is 45.4 Å². The molecular formula is C24H27N3O5. The molecule has 168 valence electrons. The number of nitrogens with zero attached hydrogens (tertiary/aromatic N) is 1. The summed E-state index contributed by atoms with van der Waals surface area (Å²) < 4.78 is 10.3. The molecule has 3 aromatic rings. The Morgan fingerprint density at radius 3 is 2.41 bits per heavy atom. The summed E-state index contributed by atoms with van der Waals surface area (Å²) in [5.41, 5.74) is 3.47. The lowest BCUT2D eigenvalue weighted by molar-refractivity contribution is 0.0599. The number of benzene rings is 1. The maximum atomic E-state index is 13.1. The van der Waals surface area contributed by atoms with Gasteiger partial charge in [-0.15, -0.1) is 0 Å². The molecular weight excluding hydrogens is 410 g/mol. The van der Waals surface area contributed by atoms with Crippen LogP contribution in [0.15, 0.2) is 47.1 Å². The number of aromatic nitrogens is 1. The summed E-state index contributed by atoms with van der Waals surface area (Å²) in [7, 11) is 2.90. The Hall–Kier alpha value is -3.65. The number of hydrogen-bond acceptors (Lipinski definition) is 6. The highest BCUT2D eigenvalue weighted by atomic mass is 16.5. The molecule has 1 amide bonds. The molecule has 0 atom stereocenters. The van der Waals surface area contributed by atoms with Crippen molar-refractivity contribution in [3.05, 3.63) is 82.1 Å². The number of rotatable bonds is 9. The molecule has 0 saturated carbocycles. The lowest BCUT2D eigenvalue weighted by atomic mass is 10.1. The van der Waals surface area contributed by atoms with Gasteiger partial charge in [-0.2, -0.15) is 0 Å². The Labute approximate surface area is 186 Å². The van der Waals surface area contributed by atoms with Gasteiger partial charge in [0.15, 0.2) is 5.78 Å². The van der Waals surface area contributed by atoms with E-state index in [0.717, 1.165) is 11.3 Å². The van der Waals surface area contributed by atoms with E-state index in [-0.39, 0.29) is 18.2 Å². The molecule has 3 rings (SSSR count). The Morgan fingerprint density at radius 1 is 1.09 bits per heavy atom. The van der Waals surface area contributed by atoms with Gasteiger partial charge in [-0.3, -0.25) is 14.5 Å². The third-order valence-electron chi connectivity index (χ3n) is 5.28. The predicted octanol–water partition coefficient (Wildman–Crippen LogP) is 3.26. The highest BCUT2D eigenvalue weighted by Gasteiger charge is 2.24. The van der Waals surface area contributed by atoms with Crippen molar-refractivity contribution < 1.29 is 23.5 Å². The van der Waals surface area contributed by atoms with E-state index in [1.165, 1.54) is 7.11 Å². The minimum Gasteiger partial charge on any atom is -0.468 e. The van der Waals surface area contributed by atoms with Crippen molar-refractivity contribution in [2.45, 2.75) is 26.9 Å². The van der Waals surface area contributed by atoms with Crippen LogP contribution < -0.4 is 5.32 Å². The number of amides is 1. The van der Waals surface area contributed by atoms with Crippen molar-refractivity contribution in [3.63, 3.8) is 0 Å². The molecule has 2 heterocycles. The van der Waals surface area contributed by atoms with Crippen LogP contribution in [0.25, 0.3) is 0 Å². The molecule has 0 aliphatic rings. The zero-order valence-electron chi connectivity index (χ0n) is 18.7. The standard InChI is InChI=1S/C24H27N3O5/c1-15-21(24(30)31-4)16(2)26-22(15)20(28)14-27(13-19-6-5-11-32-19)12-17-7-9-18(10-8-17)23(29)25-3/h5-11,26H,12-14H2,1-4H3,(H,25,29). The van der Waals surface area contributed by atoms with Crippen molar-refractivity contribution >= 4 is 17.7 Å². The number of carbonyl (C=O) groups excluding carboxylic acids is 3. The zero-order chi connectivity index (χ0) is 23.3. The summed E-state index contributed by atoms with van der Waals surface area (Å²) in [6, 6.07) is 10.9. The minimum absolute atomic E-state index is 0.110. The first kappa shape index (κ1) is 23.0. The molecule has 1 aromatic carbocycles. The van der Waals surface area contributed by atoms with Crippen LogP contribution in [0, 0.1) is 13.8 Å². The summed E-state index contributed by atoms with van der Waals surface area (Å²) in [5, 5.41) is 2.60. The normalized spacial score (nSPS) is 10.9. The van der Waals surface area contributed by atoms with Crippen LogP contribution in [-0.4, -0.2) is 48.2 Å². The molecule has 8 heteroatoms. The van der Waals surface area contributed by atoms with E-state index in [0.29, 0.717) is 41.2 Å². The smallest absolute Gasteiger partial charge is 0.339 e. The highest BCUT2D eigenvalue weighted by Crippen LogP contribution is 2.20.